The van der Waals surface area contributed by atoms with Gasteiger partial charge in [0.2, 0.25) is 0 Å². The Morgan fingerprint density at radius 3 is 2.75 bits per heavy atom. The number of hydrogen-bond donors (Lipinski definition) is 2. The number of rotatable bonds is 2. The van der Waals surface area contributed by atoms with Crippen molar-refractivity contribution < 1.29 is 14.6 Å². The van der Waals surface area contributed by atoms with E-state index < -0.39 is 6.10 Å². The number of carbonyl (C=O) groups excluding carboxylic acids is 1. The Morgan fingerprint density at radius 1 is 1.67 bits per heavy atom. The fraction of sp³-hybridized carbons (Fsp3) is 0.875. The molecule has 1 saturated heterocycles. The third-order valence-electron chi connectivity index (χ3n) is 1.74. The monoisotopic (exact) mass is 173 g/mol. The van der Waals surface area contributed by atoms with Crippen LogP contribution in [-0.2, 0) is 9.53 Å². The summed E-state index contributed by atoms with van der Waals surface area (Å²) >= 11 is 0. The van der Waals surface area contributed by atoms with Crippen LogP contribution in [0.2, 0.25) is 0 Å². The molecule has 12 heavy (non-hydrogen) atoms. The van der Waals surface area contributed by atoms with Crippen LogP contribution in [0.1, 0.15) is 20.3 Å². The fourth-order valence-electron chi connectivity index (χ4n) is 1.21. The number of hydrogen-bond acceptors (Lipinski definition) is 4. The van der Waals surface area contributed by atoms with Crippen molar-refractivity contribution in [3.8, 4) is 0 Å². The van der Waals surface area contributed by atoms with Gasteiger partial charge in [-0.3, -0.25) is 4.79 Å². The Bertz CT molecular complexity index is 170. The van der Waals surface area contributed by atoms with Crippen LogP contribution >= 0.6 is 0 Å². The first-order valence-corrected chi connectivity index (χ1v) is 4.21. The topological polar surface area (TPSA) is 58.6 Å². The maximum absolute atomic E-state index is 11.2. The van der Waals surface area contributed by atoms with Gasteiger partial charge in [-0.25, -0.2) is 0 Å². The standard InChI is InChI=1S/C8H15NO3/c1-5(2)12-8(11)7-3-6(10)4-9-7/h5-7,9-10H,3-4H2,1-2H3/t6-,7-/m1/s1. The van der Waals surface area contributed by atoms with Crippen LogP contribution in [0, 0.1) is 0 Å². The highest BCUT2D eigenvalue weighted by atomic mass is 16.5. The molecular weight excluding hydrogens is 158 g/mol. The van der Waals surface area contributed by atoms with Crippen LogP contribution in [0.15, 0.2) is 0 Å². The SMILES string of the molecule is CC(C)OC(=O)[C@H]1C[C@@H](O)CN1. The molecule has 1 rings (SSSR count). The van der Waals surface area contributed by atoms with E-state index in [4.69, 9.17) is 9.84 Å². The summed E-state index contributed by atoms with van der Waals surface area (Å²) in [5, 5.41) is 12.0. The number of nitrogens with one attached hydrogen (secondary N) is 1. The molecule has 1 heterocycles. The number of ether oxygens (including phenoxy) is 1. The molecule has 0 unspecified atom stereocenters. The Kier molecular flexibility index (Phi) is 3.05. The first kappa shape index (κ1) is 9.48. The number of esters is 1. The van der Waals surface area contributed by atoms with Gasteiger partial charge in [-0.15, -0.1) is 0 Å². The van der Waals surface area contributed by atoms with Crippen molar-refractivity contribution in [2.24, 2.45) is 0 Å². The van der Waals surface area contributed by atoms with E-state index in [-0.39, 0.29) is 18.1 Å². The normalized spacial score (nSPS) is 29.3. The van der Waals surface area contributed by atoms with Crippen LogP contribution in [0.3, 0.4) is 0 Å². The maximum Gasteiger partial charge on any atom is 0.323 e. The number of carbonyl (C=O) groups is 1. The summed E-state index contributed by atoms with van der Waals surface area (Å²) in [6.07, 6.45) is -0.0299. The lowest BCUT2D eigenvalue weighted by Crippen LogP contribution is -2.33. The largest absolute Gasteiger partial charge is 0.462 e. The van der Waals surface area contributed by atoms with E-state index in [0.717, 1.165) is 0 Å². The van der Waals surface area contributed by atoms with Crippen molar-refractivity contribution in [3.63, 3.8) is 0 Å². The Hall–Kier alpha value is -0.610. The van der Waals surface area contributed by atoms with E-state index in [0.29, 0.717) is 13.0 Å². The third-order valence-corrected chi connectivity index (χ3v) is 1.74. The van der Waals surface area contributed by atoms with Gasteiger partial charge in [-0.05, 0) is 13.8 Å². The van der Waals surface area contributed by atoms with Gasteiger partial charge in [0, 0.05) is 13.0 Å². The zero-order valence-electron chi connectivity index (χ0n) is 7.41. The quantitative estimate of drug-likeness (QED) is 0.561. The van der Waals surface area contributed by atoms with Crippen molar-refractivity contribution in [1.82, 2.24) is 5.32 Å². The zero-order chi connectivity index (χ0) is 9.14. The molecule has 0 spiro atoms. The fourth-order valence-corrected chi connectivity index (χ4v) is 1.21. The molecule has 0 saturated carbocycles. The Balaban J connectivity index is 2.33. The molecule has 0 aromatic heterocycles. The molecule has 2 atom stereocenters. The van der Waals surface area contributed by atoms with Gasteiger partial charge in [0.15, 0.2) is 0 Å². The van der Waals surface area contributed by atoms with Gasteiger partial charge >= 0.3 is 5.97 Å². The van der Waals surface area contributed by atoms with Crippen molar-refractivity contribution in [2.75, 3.05) is 6.54 Å². The summed E-state index contributed by atoms with van der Waals surface area (Å²) in [4.78, 5) is 11.2. The lowest BCUT2D eigenvalue weighted by atomic mass is 10.2. The molecule has 0 amide bonds. The summed E-state index contributed by atoms with van der Waals surface area (Å²) in [5.41, 5.74) is 0. The molecule has 0 aliphatic carbocycles. The second-order valence-corrected chi connectivity index (χ2v) is 3.34. The lowest BCUT2D eigenvalue weighted by molar-refractivity contribution is -0.149. The van der Waals surface area contributed by atoms with Gasteiger partial charge in [-0.1, -0.05) is 0 Å². The van der Waals surface area contributed by atoms with E-state index in [1.807, 2.05) is 13.8 Å². The molecule has 4 nitrogen and oxygen atoms in total. The van der Waals surface area contributed by atoms with Gasteiger partial charge in [0.05, 0.1) is 12.2 Å². The average molecular weight is 173 g/mol. The number of aliphatic hydroxyl groups is 1. The number of aliphatic hydroxyl groups excluding tert-OH is 1. The highest BCUT2D eigenvalue weighted by Gasteiger charge is 2.29. The van der Waals surface area contributed by atoms with E-state index in [1.54, 1.807) is 0 Å². The molecule has 1 aliphatic rings. The molecule has 70 valence electrons. The summed E-state index contributed by atoms with van der Waals surface area (Å²) in [5.74, 6) is -0.262. The van der Waals surface area contributed by atoms with Crippen LogP contribution < -0.4 is 5.32 Å². The molecule has 0 aromatic carbocycles. The van der Waals surface area contributed by atoms with Gasteiger partial charge in [0.25, 0.3) is 0 Å². The van der Waals surface area contributed by atoms with Crippen molar-refractivity contribution >= 4 is 5.97 Å². The molecule has 0 radical (unpaired) electrons. The Morgan fingerprint density at radius 2 is 2.33 bits per heavy atom. The van der Waals surface area contributed by atoms with Crippen molar-refractivity contribution in [1.29, 1.82) is 0 Å². The van der Waals surface area contributed by atoms with Gasteiger partial charge < -0.3 is 15.2 Å². The predicted octanol–water partition coefficient (Wildman–Crippen LogP) is -0.339. The second-order valence-electron chi connectivity index (χ2n) is 3.34. The first-order chi connectivity index (χ1) is 5.59. The zero-order valence-corrected chi connectivity index (χ0v) is 7.41. The minimum absolute atomic E-state index is 0.0861. The minimum Gasteiger partial charge on any atom is -0.462 e. The summed E-state index contributed by atoms with van der Waals surface area (Å²) in [6.45, 7) is 4.10. The highest BCUT2D eigenvalue weighted by Crippen LogP contribution is 2.08. The van der Waals surface area contributed by atoms with Crippen LogP contribution in [0.4, 0.5) is 0 Å². The minimum atomic E-state index is -0.408. The molecule has 0 bridgehead atoms. The molecule has 1 fully saturated rings. The van der Waals surface area contributed by atoms with Crippen LogP contribution in [0.5, 0.6) is 0 Å². The summed E-state index contributed by atoms with van der Waals surface area (Å²) < 4.78 is 4.97. The highest BCUT2D eigenvalue weighted by molar-refractivity contribution is 5.76. The Labute approximate surface area is 71.9 Å². The van der Waals surface area contributed by atoms with Gasteiger partial charge in [-0.2, -0.15) is 0 Å². The van der Waals surface area contributed by atoms with Crippen molar-refractivity contribution in [2.45, 2.75) is 38.5 Å². The first-order valence-electron chi connectivity index (χ1n) is 4.21. The van der Waals surface area contributed by atoms with Crippen LogP contribution in [0.25, 0.3) is 0 Å². The predicted molar refractivity (Wildman–Crippen MR) is 43.6 cm³/mol. The second kappa shape index (κ2) is 3.87. The van der Waals surface area contributed by atoms with E-state index in [9.17, 15) is 4.79 Å². The molecule has 4 heteroatoms. The summed E-state index contributed by atoms with van der Waals surface area (Å²) in [7, 11) is 0. The van der Waals surface area contributed by atoms with Gasteiger partial charge in [0.1, 0.15) is 6.04 Å². The molecule has 0 aromatic rings. The maximum atomic E-state index is 11.2. The molecule has 2 N–H and O–H groups in total. The van der Waals surface area contributed by atoms with E-state index in [2.05, 4.69) is 5.32 Å². The molecular formula is C8H15NO3. The summed E-state index contributed by atoms with van der Waals surface area (Å²) in [6, 6.07) is -0.317. The van der Waals surface area contributed by atoms with E-state index in [1.165, 1.54) is 0 Å². The third kappa shape index (κ3) is 2.46. The lowest BCUT2D eigenvalue weighted by Gasteiger charge is -2.12. The van der Waals surface area contributed by atoms with Crippen LogP contribution in [-0.4, -0.2) is 35.9 Å². The van der Waals surface area contributed by atoms with E-state index >= 15 is 0 Å². The smallest absolute Gasteiger partial charge is 0.323 e. The average Bonchev–Trinajstić information content (AvgIpc) is 2.34. The van der Waals surface area contributed by atoms with Crippen molar-refractivity contribution in [3.05, 3.63) is 0 Å². The number of β-amino-alcohol motifs (C(OH)–C–C–N with tert-alkyl or cyclic N) is 1. The molecule has 1 aliphatic heterocycles.